The summed E-state index contributed by atoms with van der Waals surface area (Å²) in [4.78, 5) is 2.44. The summed E-state index contributed by atoms with van der Waals surface area (Å²) in [6.07, 6.45) is 5.98. The van der Waals surface area contributed by atoms with Crippen LogP contribution in [0.5, 0.6) is 0 Å². The van der Waals surface area contributed by atoms with Gasteiger partial charge < -0.3 is 14.4 Å². The molecule has 0 saturated carbocycles. The van der Waals surface area contributed by atoms with Crippen LogP contribution in [0.4, 0.5) is 0 Å². The Hall–Kier alpha value is -0.450. The molecule has 2 saturated heterocycles. The Morgan fingerprint density at radius 1 is 1.32 bits per heavy atom. The van der Waals surface area contributed by atoms with E-state index in [1.807, 2.05) is 17.8 Å². The van der Waals surface area contributed by atoms with Crippen molar-refractivity contribution in [3.63, 3.8) is 0 Å². The van der Waals surface area contributed by atoms with Gasteiger partial charge in [-0.05, 0) is 62.4 Å². The van der Waals surface area contributed by atoms with Crippen molar-refractivity contribution < 1.29 is 9.52 Å². The van der Waals surface area contributed by atoms with E-state index >= 15 is 0 Å². The number of rotatable bonds is 3. The van der Waals surface area contributed by atoms with E-state index in [0.29, 0.717) is 5.92 Å². The fourth-order valence-electron chi connectivity index (χ4n) is 3.22. The van der Waals surface area contributed by atoms with Crippen molar-refractivity contribution in [2.75, 3.05) is 31.1 Å². The fraction of sp³-hybridized carbons (Fsp3) is 0.733. The minimum Gasteiger partial charge on any atom is -0.469 e. The molecule has 2 fully saturated rings. The van der Waals surface area contributed by atoms with Crippen molar-refractivity contribution in [3.05, 3.63) is 24.2 Å². The first-order valence-electron chi connectivity index (χ1n) is 7.31. The molecule has 1 aromatic rings. The Bertz CT molecular complexity index is 379. The monoisotopic (exact) mass is 281 g/mol. The Kier molecular flexibility index (Phi) is 4.20. The Morgan fingerprint density at radius 2 is 2.05 bits per heavy atom. The highest BCUT2D eigenvalue weighted by molar-refractivity contribution is 7.99. The molecule has 3 heterocycles. The summed E-state index contributed by atoms with van der Waals surface area (Å²) < 4.78 is 5.51. The molecular weight excluding hydrogens is 258 g/mol. The van der Waals surface area contributed by atoms with E-state index in [9.17, 15) is 5.11 Å². The molecule has 4 heteroatoms. The molecule has 0 unspecified atom stereocenters. The molecule has 0 amide bonds. The van der Waals surface area contributed by atoms with E-state index in [-0.39, 0.29) is 0 Å². The van der Waals surface area contributed by atoms with E-state index in [0.717, 1.165) is 62.6 Å². The third-order valence-corrected chi connectivity index (χ3v) is 5.46. The fourth-order valence-corrected chi connectivity index (χ4v) is 4.48. The third kappa shape index (κ3) is 3.36. The number of β-amino-alcohol motifs (C(OH)–C–C–N with tert-alkyl or cyclic N) is 1. The lowest BCUT2D eigenvalue weighted by Crippen LogP contribution is -2.47. The van der Waals surface area contributed by atoms with Gasteiger partial charge in [0.15, 0.2) is 0 Å². The number of hydrogen-bond acceptors (Lipinski definition) is 4. The number of likely N-dealkylation sites (tertiary alicyclic amines) is 1. The topological polar surface area (TPSA) is 36.6 Å². The summed E-state index contributed by atoms with van der Waals surface area (Å²) in [6.45, 7) is 3.03. The van der Waals surface area contributed by atoms with Crippen molar-refractivity contribution in [1.29, 1.82) is 0 Å². The lowest BCUT2D eigenvalue weighted by atomic mass is 9.91. The average Bonchev–Trinajstić information content (AvgIpc) is 2.94. The van der Waals surface area contributed by atoms with Gasteiger partial charge in [-0.25, -0.2) is 0 Å². The van der Waals surface area contributed by atoms with Crippen molar-refractivity contribution in [2.24, 2.45) is 0 Å². The van der Waals surface area contributed by atoms with Crippen LogP contribution in [0, 0.1) is 0 Å². The van der Waals surface area contributed by atoms with Crippen LogP contribution in [-0.2, 0) is 0 Å². The van der Waals surface area contributed by atoms with Crippen molar-refractivity contribution >= 4 is 11.8 Å². The Balaban J connectivity index is 1.50. The molecular formula is C15H23NO2S. The molecule has 2 aliphatic heterocycles. The first-order chi connectivity index (χ1) is 9.25. The number of nitrogens with zero attached hydrogens (tertiary/aromatic N) is 1. The molecule has 0 radical (unpaired) electrons. The molecule has 0 aromatic carbocycles. The molecule has 1 aromatic heterocycles. The van der Waals surface area contributed by atoms with Crippen LogP contribution in [0.25, 0.3) is 0 Å². The van der Waals surface area contributed by atoms with E-state index in [4.69, 9.17) is 4.42 Å². The van der Waals surface area contributed by atoms with Gasteiger partial charge in [0, 0.05) is 12.5 Å². The summed E-state index contributed by atoms with van der Waals surface area (Å²) in [5.41, 5.74) is -0.428. The van der Waals surface area contributed by atoms with Gasteiger partial charge in [-0.1, -0.05) is 0 Å². The smallest absolute Gasteiger partial charge is 0.106 e. The van der Waals surface area contributed by atoms with Crippen LogP contribution in [0.1, 0.15) is 37.4 Å². The lowest BCUT2D eigenvalue weighted by Gasteiger charge is -2.39. The second-order valence-electron chi connectivity index (χ2n) is 5.90. The second-order valence-corrected chi connectivity index (χ2v) is 7.13. The lowest BCUT2D eigenvalue weighted by molar-refractivity contribution is -0.00968. The maximum absolute atomic E-state index is 10.6. The maximum atomic E-state index is 10.6. The normalized spacial score (nSPS) is 25.5. The third-order valence-electron chi connectivity index (χ3n) is 4.47. The van der Waals surface area contributed by atoms with Crippen molar-refractivity contribution in [2.45, 2.75) is 37.2 Å². The first-order valence-corrected chi connectivity index (χ1v) is 8.47. The first kappa shape index (κ1) is 13.5. The summed E-state index contributed by atoms with van der Waals surface area (Å²) in [6, 6.07) is 4.07. The minimum absolute atomic E-state index is 0.428. The summed E-state index contributed by atoms with van der Waals surface area (Å²) >= 11 is 1.97. The SMILES string of the molecule is OC1(CN2CCC(c3ccco3)CC2)CCSCC1. The Morgan fingerprint density at radius 3 is 2.68 bits per heavy atom. The molecule has 3 rings (SSSR count). The zero-order chi connectivity index (χ0) is 13.1. The number of furan rings is 1. The summed E-state index contributed by atoms with van der Waals surface area (Å²) in [5.74, 6) is 3.92. The van der Waals surface area contributed by atoms with Crippen LogP contribution in [0.15, 0.2) is 22.8 Å². The van der Waals surface area contributed by atoms with Gasteiger partial charge in [0.2, 0.25) is 0 Å². The largest absolute Gasteiger partial charge is 0.469 e. The number of piperidine rings is 1. The van der Waals surface area contributed by atoms with Gasteiger partial charge in [0.05, 0.1) is 11.9 Å². The molecule has 2 aliphatic rings. The Labute approximate surface area is 119 Å². The van der Waals surface area contributed by atoms with E-state index < -0.39 is 5.60 Å². The second kappa shape index (κ2) is 5.90. The van der Waals surface area contributed by atoms with Crippen molar-refractivity contribution in [1.82, 2.24) is 4.90 Å². The number of aliphatic hydroxyl groups is 1. The zero-order valence-electron chi connectivity index (χ0n) is 11.4. The van der Waals surface area contributed by atoms with Crippen LogP contribution in [-0.4, -0.2) is 46.7 Å². The van der Waals surface area contributed by atoms with Crippen molar-refractivity contribution in [3.8, 4) is 0 Å². The predicted molar refractivity (Wildman–Crippen MR) is 78.6 cm³/mol. The van der Waals surface area contributed by atoms with Gasteiger partial charge in [0.1, 0.15) is 5.76 Å². The highest BCUT2D eigenvalue weighted by Crippen LogP contribution is 2.32. The van der Waals surface area contributed by atoms with Gasteiger partial charge in [-0.15, -0.1) is 0 Å². The highest BCUT2D eigenvalue weighted by Gasteiger charge is 2.33. The number of hydrogen-bond donors (Lipinski definition) is 1. The molecule has 0 bridgehead atoms. The molecule has 3 nitrogen and oxygen atoms in total. The standard InChI is InChI=1S/C15H23NO2S/c17-15(5-10-19-11-6-15)12-16-7-3-13(4-8-16)14-2-1-9-18-14/h1-2,9,13,17H,3-8,10-12H2. The molecule has 106 valence electrons. The van der Waals surface area contributed by atoms with E-state index in [1.54, 1.807) is 6.26 Å². The molecule has 0 atom stereocenters. The van der Waals surface area contributed by atoms with Gasteiger partial charge in [-0.2, -0.15) is 11.8 Å². The number of thioether (sulfide) groups is 1. The summed E-state index contributed by atoms with van der Waals surface area (Å²) in [7, 11) is 0. The van der Waals surface area contributed by atoms with Gasteiger partial charge >= 0.3 is 0 Å². The predicted octanol–water partition coefficient (Wildman–Crippen LogP) is 2.72. The molecule has 0 aliphatic carbocycles. The quantitative estimate of drug-likeness (QED) is 0.924. The van der Waals surface area contributed by atoms with E-state index in [2.05, 4.69) is 11.0 Å². The minimum atomic E-state index is -0.428. The summed E-state index contributed by atoms with van der Waals surface area (Å²) in [5, 5.41) is 10.6. The average molecular weight is 281 g/mol. The van der Waals surface area contributed by atoms with Crippen LogP contribution in [0.3, 0.4) is 0 Å². The van der Waals surface area contributed by atoms with Gasteiger partial charge in [0.25, 0.3) is 0 Å². The van der Waals surface area contributed by atoms with Gasteiger partial charge in [-0.3, -0.25) is 0 Å². The molecule has 19 heavy (non-hydrogen) atoms. The van der Waals surface area contributed by atoms with Crippen LogP contribution >= 0.6 is 11.8 Å². The van der Waals surface area contributed by atoms with Crippen LogP contribution < -0.4 is 0 Å². The zero-order valence-corrected chi connectivity index (χ0v) is 12.2. The van der Waals surface area contributed by atoms with Crippen LogP contribution in [0.2, 0.25) is 0 Å². The molecule has 1 N–H and O–H groups in total. The maximum Gasteiger partial charge on any atom is 0.106 e. The highest BCUT2D eigenvalue weighted by atomic mass is 32.2. The molecule has 0 spiro atoms. The van der Waals surface area contributed by atoms with E-state index in [1.165, 1.54) is 0 Å².